The lowest BCUT2D eigenvalue weighted by Gasteiger charge is -2.07. The van der Waals surface area contributed by atoms with Crippen molar-refractivity contribution < 1.29 is 14.3 Å². The lowest BCUT2D eigenvalue weighted by Crippen LogP contribution is -2.26. The third kappa shape index (κ3) is 4.00. The van der Waals surface area contributed by atoms with Crippen LogP contribution in [0, 0.1) is 0 Å². The maximum absolute atomic E-state index is 12.3. The Morgan fingerprint density at radius 1 is 1.12 bits per heavy atom. The zero-order chi connectivity index (χ0) is 18.5. The van der Waals surface area contributed by atoms with Crippen molar-refractivity contribution in [2.24, 2.45) is 0 Å². The van der Waals surface area contributed by atoms with E-state index in [1.807, 2.05) is 36.4 Å². The summed E-state index contributed by atoms with van der Waals surface area (Å²) < 4.78 is 4.66. The topological polar surface area (TPSA) is 68.3 Å². The van der Waals surface area contributed by atoms with E-state index in [9.17, 15) is 9.59 Å². The number of nitrogens with one attached hydrogen (secondary N) is 1. The Balaban J connectivity index is 1.61. The molecule has 0 aliphatic heterocycles. The van der Waals surface area contributed by atoms with Crippen LogP contribution in [0.15, 0.2) is 54.6 Å². The number of methoxy groups -OCH3 is 1. The number of pyridine rings is 1. The van der Waals surface area contributed by atoms with Gasteiger partial charge in [0.2, 0.25) is 0 Å². The molecule has 132 valence electrons. The summed E-state index contributed by atoms with van der Waals surface area (Å²) in [4.78, 5) is 27.9. The fraction of sp³-hybridized carbons (Fsp3) is 0.150. The van der Waals surface area contributed by atoms with Crippen molar-refractivity contribution in [1.29, 1.82) is 0 Å². The van der Waals surface area contributed by atoms with E-state index in [0.29, 0.717) is 23.7 Å². The van der Waals surface area contributed by atoms with Crippen LogP contribution in [0.25, 0.3) is 10.8 Å². The van der Waals surface area contributed by atoms with E-state index in [4.69, 9.17) is 11.6 Å². The molecule has 0 atom stereocenters. The normalized spacial score (nSPS) is 10.5. The number of esters is 1. The minimum Gasteiger partial charge on any atom is -0.465 e. The molecular weight excluding hydrogens is 352 g/mol. The SMILES string of the molecule is COC(=O)c1ccc(CCNC(=O)c2cc3ccccc3c(Cl)n2)cc1. The second-order valence-corrected chi connectivity index (χ2v) is 6.07. The number of halogens is 1. The van der Waals surface area contributed by atoms with Crippen LogP contribution in [-0.4, -0.2) is 30.5 Å². The number of ether oxygens (including phenoxy) is 1. The van der Waals surface area contributed by atoms with E-state index >= 15 is 0 Å². The highest BCUT2D eigenvalue weighted by atomic mass is 35.5. The molecule has 3 aromatic rings. The van der Waals surface area contributed by atoms with Crippen molar-refractivity contribution >= 4 is 34.2 Å². The van der Waals surface area contributed by atoms with Crippen LogP contribution in [0.4, 0.5) is 0 Å². The first kappa shape index (κ1) is 17.9. The van der Waals surface area contributed by atoms with Crippen molar-refractivity contribution in [3.63, 3.8) is 0 Å². The summed E-state index contributed by atoms with van der Waals surface area (Å²) in [7, 11) is 1.35. The standard InChI is InChI=1S/C20H17ClN2O3/c1-26-20(25)14-8-6-13(7-9-14)10-11-22-19(24)17-12-15-4-2-3-5-16(15)18(21)23-17/h2-9,12H,10-11H2,1H3,(H,22,24). The van der Waals surface area contributed by atoms with Crippen LogP contribution in [0.2, 0.25) is 5.15 Å². The second-order valence-electron chi connectivity index (χ2n) is 5.71. The van der Waals surface area contributed by atoms with Crippen molar-refractivity contribution in [3.05, 3.63) is 76.6 Å². The average Bonchev–Trinajstić information content (AvgIpc) is 2.67. The predicted molar refractivity (Wildman–Crippen MR) is 101 cm³/mol. The molecule has 0 saturated heterocycles. The molecule has 6 heteroatoms. The number of nitrogens with zero attached hydrogens (tertiary/aromatic N) is 1. The maximum Gasteiger partial charge on any atom is 0.337 e. The van der Waals surface area contributed by atoms with Gasteiger partial charge in [-0.25, -0.2) is 9.78 Å². The van der Waals surface area contributed by atoms with Gasteiger partial charge >= 0.3 is 5.97 Å². The molecule has 1 heterocycles. The van der Waals surface area contributed by atoms with Crippen molar-refractivity contribution in [2.75, 3.05) is 13.7 Å². The minimum atomic E-state index is -0.371. The third-order valence-electron chi connectivity index (χ3n) is 4.00. The molecule has 0 unspecified atom stereocenters. The van der Waals surface area contributed by atoms with Crippen LogP contribution in [-0.2, 0) is 11.2 Å². The largest absolute Gasteiger partial charge is 0.465 e. The molecule has 2 aromatic carbocycles. The van der Waals surface area contributed by atoms with Gasteiger partial charge in [0.1, 0.15) is 10.8 Å². The van der Waals surface area contributed by atoms with Crippen LogP contribution in [0.1, 0.15) is 26.4 Å². The highest BCUT2D eigenvalue weighted by Crippen LogP contribution is 2.22. The van der Waals surface area contributed by atoms with Crippen LogP contribution >= 0.6 is 11.6 Å². The van der Waals surface area contributed by atoms with E-state index in [-0.39, 0.29) is 17.6 Å². The Hall–Kier alpha value is -2.92. The molecule has 0 fully saturated rings. The number of carbonyl (C=O) groups excluding carboxylic acids is 2. The summed E-state index contributed by atoms with van der Waals surface area (Å²) in [5.41, 5.74) is 1.78. The summed E-state index contributed by atoms with van der Waals surface area (Å²) in [5, 5.41) is 4.84. The van der Waals surface area contributed by atoms with Gasteiger partial charge in [-0.1, -0.05) is 48.0 Å². The Kier molecular flexibility index (Phi) is 5.49. The second kappa shape index (κ2) is 7.97. The number of hydrogen-bond donors (Lipinski definition) is 1. The van der Waals surface area contributed by atoms with Crippen molar-refractivity contribution in [2.45, 2.75) is 6.42 Å². The molecule has 0 aliphatic carbocycles. The maximum atomic E-state index is 12.3. The lowest BCUT2D eigenvalue weighted by molar-refractivity contribution is 0.0600. The highest BCUT2D eigenvalue weighted by molar-refractivity contribution is 6.34. The Morgan fingerprint density at radius 2 is 1.85 bits per heavy atom. The fourth-order valence-corrected chi connectivity index (χ4v) is 2.87. The van der Waals surface area contributed by atoms with Gasteiger partial charge < -0.3 is 10.1 Å². The summed E-state index contributed by atoms with van der Waals surface area (Å²) >= 11 is 6.16. The Bertz CT molecular complexity index is 955. The smallest absolute Gasteiger partial charge is 0.337 e. The molecule has 0 saturated carbocycles. The zero-order valence-corrected chi connectivity index (χ0v) is 14.9. The van der Waals surface area contributed by atoms with Crippen LogP contribution in [0.3, 0.4) is 0 Å². The fourth-order valence-electron chi connectivity index (χ4n) is 2.61. The number of aromatic nitrogens is 1. The molecule has 0 aliphatic rings. The third-order valence-corrected chi connectivity index (χ3v) is 4.29. The number of benzene rings is 2. The number of fused-ring (bicyclic) bond motifs is 1. The molecule has 3 rings (SSSR count). The van der Waals surface area contributed by atoms with Gasteiger partial charge in [-0.3, -0.25) is 4.79 Å². The first-order valence-corrected chi connectivity index (χ1v) is 8.47. The number of rotatable bonds is 5. The molecular formula is C20H17ClN2O3. The van der Waals surface area contributed by atoms with Crippen molar-refractivity contribution in [3.8, 4) is 0 Å². The highest BCUT2D eigenvalue weighted by Gasteiger charge is 2.11. The van der Waals surface area contributed by atoms with Gasteiger partial charge in [0.05, 0.1) is 12.7 Å². The Morgan fingerprint density at radius 3 is 2.58 bits per heavy atom. The molecule has 0 bridgehead atoms. The Labute approximate surface area is 156 Å². The minimum absolute atomic E-state index is 0.274. The molecule has 0 spiro atoms. The van der Waals surface area contributed by atoms with E-state index in [1.54, 1.807) is 18.2 Å². The molecule has 0 radical (unpaired) electrons. The first-order valence-electron chi connectivity index (χ1n) is 8.09. The molecule has 5 nitrogen and oxygen atoms in total. The summed E-state index contributed by atoms with van der Waals surface area (Å²) in [6, 6.07) is 16.3. The summed E-state index contributed by atoms with van der Waals surface area (Å²) in [6.45, 7) is 0.447. The van der Waals surface area contributed by atoms with Gasteiger partial charge in [0.15, 0.2) is 0 Å². The molecule has 1 N–H and O–H groups in total. The number of hydrogen-bond acceptors (Lipinski definition) is 4. The zero-order valence-electron chi connectivity index (χ0n) is 14.2. The number of amides is 1. The van der Waals surface area contributed by atoms with Gasteiger partial charge in [-0.15, -0.1) is 0 Å². The van der Waals surface area contributed by atoms with Gasteiger partial charge in [0.25, 0.3) is 5.91 Å². The quantitative estimate of drug-likeness (QED) is 0.551. The predicted octanol–water partition coefficient (Wildman–Crippen LogP) is 3.65. The first-order chi connectivity index (χ1) is 12.6. The van der Waals surface area contributed by atoms with Gasteiger partial charge in [-0.2, -0.15) is 0 Å². The number of carbonyl (C=O) groups is 2. The molecule has 1 amide bonds. The van der Waals surface area contributed by atoms with E-state index in [1.165, 1.54) is 7.11 Å². The molecule has 26 heavy (non-hydrogen) atoms. The van der Waals surface area contributed by atoms with Crippen LogP contribution in [0.5, 0.6) is 0 Å². The van der Waals surface area contributed by atoms with Gasteiger partial charge in [0, 0.05) is 11.9 Å². The van der Waals surface area contributed by atoms with Crippen LogP contribution < -0.4 is 5.32 Å². The average molecular weight is 369 g/mol. The van der Waals surface area contributed by atoms with E-state index in [0.717, 1.165) is 16.3 Å². The molecule has 1 aromatic heterocycles. The monoisotopic (exact) mass is 368 g/mol. The van der Waals surface area contributed by atoms with Gasteiger partial charge in [-0.05, 0) is 35.6 Å². The van der Waals surface area contributed by atoms with E-state index < -0.39 is 0 Å². The summed E-state index contributed by atoms with van der Waals surface area (Å²) in [6.07, 6.45) is 0.633. The lowest BCUT2D eigenvalue weighted by atomic mass is 10.1. The van der Waals surface area contributed by atoms with E-state index in [2.05, 4.69) is 15.0 Å². The summed E-state index contributed by atoms with van der Waals surface area (Å²) in [5.74, 6) is -0.645. The van der Waals surface area contributed by atoms with Crippen molar-refractivity contribution in [1.82, 2.24) is 10.3 Å².